The lowest BCUT2D eigenvalue weighted by Gasteiger charge is -2.14. The Morgan fingerprint density at radius 3 is 2.76 bits per heavy atom. The molecule has 1 atom stereocenters. The van der Waals surface area contributed by atoms with Crippen LogP contribution in [-0.2, 0) is 14.8 Å². The standard InChI is InChI=1S/C25H27N3O5S/c1-17-10-11-23(18(2)14-17)34(30,31)28-19-6-3-7-20(15-19)33-25-22(9-4-12-26-25)24(29)27-16-21-8-5-13-32-21/h3-4,6-7,9-12,14-15,21,28H,5,8,13,16H2,1-2H3,(H,27,29)/t21-/m1/s1. The van der Waals surface area contributed by atoms with Gasteiger partial charge in [-0.05, 0) is 62.6 Å². The van der Waals surface area contributed by atoms with E-state index in [1.165, 1.54) is 6.20 Å². The SMILES string of the molecule is Cc1ccc(S(=O)(=O)Nc2cccc(Oc3ncccc3C(=O)NC[C@H]3CCCO3)c2)c(C)c1. The van der Waals surface area contributed by atoms with Crippen molar-refractivity contribution in [1.29, 1.82) is 0 Å². The van der Waals surface area contributed by atoms with Crippen LogP contribution in [0.2, 0.25) is 0 Å². The number of benzene rings is 2. The minimum Gasteiger partial charge on any atom is -0.438 e. The number of carbonyl (C=O) groups is 1. The van der Waals surface area contributed by atoms with Gasteiger partial charge >= 0.3 is 0 Å². The molecule has 0 unspecified atom stereocenters. The number of hydrogen-bond acceptors (Lipinski definition) is 6. The van der Waals surface area contributed by atoms with Crippen molar-refractivity contribution in [3.63, 3.8) is 0 Å². The van der Waals surface area contributed by atoms with Crippen LogP contribution >= 0.6 is 0 Å². The molecule has 1 saturated heterocycles. The molecule has 1 aliphatic heterocycles. The number of hydrogen-bond donors (Lipinski definition) is 2. The molecule has 3 aromatic rings. The Labute approximate surface area is 199 Å². The van der Waals surface area contributed by atoms with Crippen LogP contribution < -0.4 is 14.8 Å². The maximum Gasteiger partial charge on any atom is 0.262 e. The summed E-state index contributed by atoms with van der Waals surface area (Å²) in [4.78, 5) is 17.1. The molecule has 0 bridgehead atoms. The quantitative estimate of drug-likeness (QED) is 0.499. The molecule has 0 spiro atoms. The molecule has 0 aliphatic carbocycles. The van der Waals surface area contributed by atoms with Gasteiger partial charge in [0.2, 0.25) is 5.88 Å². The van der Waals surface area contributed by atoms with Crippen molar-refractivity contribution in [2.45, 2.75) is 37.7 Å². The van der Waals surface area contributed by atoms with Crippen LogP contribution in [0.15, 0.2) is 65.7 Å². The fraction of sp³-hybridized carbons (Fsp3) is 0.280. The molecule has 1 amide bonds. The van der Waals surface area contributed by atoms with E-state index in [0.29, 0.717) is 30.2 Å². The van der Waals surface area contributed by atoms with Crippen LogP contribution in [0.1, 0.15) is 34.3 Å². The molecule has 8 nitrogen and oxygen atoms in total. The van der Waals surface area contributed by atoms with Crippen LogP contribution in [0, 0.1) is 13.8 Å². The zero-order valence-electron chi connectivity index (χ0n) is 19.1. The fourth-order valence-corrected chi connectivity index (χ4v) is 5.07. The van der Waals surface area contributed by atoms with Crippen LogP contribution in [-0.4, -0.2) is 38.6 Å². The largest absolute Gasteiger partial charge is 0.438 e. The Morgan fingerprint density at radius 1 is 1.15 bits per heavy atom. The van der Waals surface area contributed by atoms with Crippen LogP contribution in [0.3, 0.4) is 0 Å². The number of nitrogens with one attached hydrogen (secondary N) is 2. The molecule has 9 heteroatoms. The maximum atomic E-state index is 12.9. The predicted octanol–water partition coefficient (Wildman–Crippen LogP) is 4.20. The number of ether oxygens (including phenoxy) is 2. The van der Waals surface area contributed by atoms with Gasteiger partial charge in [0.1, 0.15) is 11.3 Å². The molecular formula is C25H27N3O5S. The van der Waals surface area contributed by atoms with E-state index in [1.54, 1.807) is 55.5 Å². The van der Waals surface area contributed by atoms with Crippen molar-refractivity contribution in [2.75, 3.05) is 17.9 Å². The van der Waals surface area contributed by atoms with E-state index < -0.39 is 10.0 Å². The molecule has 2 aromatic carbocycles. The number of aryl methyl sites for hydroxylation is 2. The van der Waals surface area contributed by atoms with Gasteiger partial charge in [-0.15, -0.1) is 0 Å². The van der Waals surface area contributed by atoms with E-state index in [-0.39, 0.29) is 28.4 Å². The minimum atomic E-state index is -3.78. The van der Waals surface area contributed by atoms with E-state index in [4.69, 9.17) is 9.47 Å². The number of sulfonamides is 1. The first-order valence-corrected chi connectivity index (χ1v) is 12.5. The Hall–Kier alpha value is -3.43. The summed E-state index contributed by atoms with van der Waals surface area (Å²) in [6, 6.07) is 14.9. The summed E-state index contributed by atoms with van der Waals surface area (Å²) in [5, 5.41) is 2.86. The summed E-state index contributed by atoms with van der Waals surface area (Å²) in [5.41, 5.74) is 2.25. The van der Waals surface area contributed by atoms with Crippen molar-refractivity contribution < 1.29 is 22.7 Å². The number of carbonyl (C=O) groups excluding carboxylic acids is 1. The molecule has 2 N–H and O–H groups in total. The third-order valence-electron chi connectivity index (χ3n) is 5.45. The van der Waals surface area contributed by atoms with E-state index in [9.17, 15) is 13.2 Å². The number of pyridine rings is 1. The molecular weight excluding hydrogens is 454 g/mol. The Morgan fingerprint density at radius 2 is 2.00 bits per heavy atom. The lowest BCUT2D eigenvalue weighted by molar-refractivity contribution is 0.0855. The molecule has 178 valence electrons. The first-order chi connectivity index (χ1) is 16.3. The summed E-state index contributed by atoms with van der Waals surface area (Å²) >= 11 is 0. The highest BCUT2D eigenvalue weighted by atomic mass is 32.2. The highest BCUT2D eigenvalue weighted by Crippen LogP contribution is 2.27. The average molecular weight is 482 g/mol. The molecule has 1 fully saturated rings. The van der Waals surface area contributed by atoms with Crippen molar-refractivity contribution in [2.24, 2.45) is 0 Å². The predicted molar refractivity (Wildman–Crippen MR) is 129 cm³/mol. The number of amides is 1. The van der Waals surface area contributed by atoms with Gasteiger partial charge in [-0.25, -0.2) is 13.4 Å². The minimum absolute atomic E-state index is 0.0202. The summed E-state index contributed by atoms with van der Waals surface area (Å²) in [6.45, 7) is 4.80. The van der Waals surface area contributed by atoms with Crippen molar-refractivity contribution in [1.82, 2.24) is 10.3 Å². The molecule has 1 aliphatic rings. The number of nitrogens with zero attached hydrogens (tertiary/aromatic N) is 1. The third-order valence-corrected chi connectivity index (χ3v) is 6.99. The van der Waals surface area contributed by atoms with E-state index in [1.807, 2.05) is 13.0 Å². The first-order valence-electron chi connectivity index (χ1n) is 11.0. The first kappa shape index (κ1) is 23.7. The summed E-state index contributed by atoms with van der Waals surface area (Å²) in [7, 11) is -3.78. The van der Waals surface area contributed by atoms with Crippen molar-refractivity contribution >= 4 is 21.6 Å². The van der Waals surface area contributed by atoms with E-state index >= 15 is 0 Å². The molecule has 4 rings (SSSR count). The summed E-state index contributed by atoms with van der Waals surface area (Å²) in [6.07, 6.45) is 3.46. The lowest BCUT2D eigenvalue weighted by atomic mass is 10.2. The van der Waals surface area contributed by atoms with Gasteiger partial charge in [-0.3, -0.25) is 9.52 Å². The van der Waals surface area contributed by atoms with Gasteiger partial charge in [-0.2, -0.15) is 0 Å². The van der Waals surface area contributed by atoms with Crippen molar-refractivity contribution in [3.8, 4) is 11.6 Å². The topological polar surface area (TPSA) is 107 Å². The highest BCUT2D eigenvalue weighted by Gasteiger charge is 2.20. The second-order valence-electron chi connectivity index (χ2n) is 8.21. The van der Waals surface area contributed by atoms with Gasteiger partial charge in [-0.1, -0.05) is 23.8 Å². The number of rotatable bonds is 8. The zero-order chi connectivity index (χ0) is 24.1. The Kier molecular flexibility index (Phi) is 7.14. The van der Waals surface area contributed by atoms with E-state index in [2.05, 4.69) is 15.0 Å². The van der Waals surface area contributed by atoms with Gasteiger partial charge in [0.05, 0.1) is 16.7 Å². The van der Waals surface area contributed by atoms with Crippen LogP contribution in [0.4, 0.5) is 5.69 Å². The van der Waals surface area contributed by atoms with Gasteiger partial charge in [0.25, 0.3) is 15.9 Å². The average Bonchev–Trinajstić information content (AvgIpc) is 3.31. The van der Waals surface area contributed by atoms with Crippen LogP contribution in [0.5, 0.6) is 11.6 Å². The number of anilines is 1. The third kappa shape index (κ3) is 5.73. The van der Waals surface area contributed by atoms with Crippen LogP contribution in [0.25, 0.3) is 0 Å². The molecule has 34 heavy (non-hydrogen) atoms. The Balaban J connectivity index is 1.49. The fourth-order valence-electron chi connectivity index (χ4n) is 3.80. The lowest BCUT2D eigenvalue weighted by Crippen LogP contribution is -2.32. The normalized spacial score (nSPS) is 15.6. The number of aromatic nitrogens is 1. The van der Waals surface area contributed by atoms with Crippen molar-refractivity contribution in [3.05, 3.63) is 77.5 Å². The maximum absolute atomic E-state index is 12.9. The summed E-state index contributed by atoms with van der Waals surface area (Å²) in [5.74, 6) is 0.153. The molecule has 1 aromatic heterocycles. The second-order valence-corrected chi connectivity index (χ2v) is 9.86. The molecule has 0 saturated carbocycles. The smallest absolute Gasteiger partial charge is 0.262 e. The zero-order valence-corrected chi connectivity index (χ0v) is 19.9. The Bertz CT molecular complexity index is 1290. The monoisotopic (exact) mass is 481 g/mol. The summed E-state index contributed by atoms with van der Waals surface area (Å²) < 4.78 is 39.8. The second kappa shape index (κ2) is 10.2. The van der Waals surface area contributed by atoms with E-state index in [0.717, 1.165) is 18.4 Å². The molecule has 0 radical (unpaired) electrons. The molecule has 2 heterocycles. The van der Waals surface area contributed by atoms with Gasteiger partial charge in [0, 0.05) is 25.4 Å². The van der Waals surface area contributed by atoms with Gasteiger partial charge < -0.3 is 14.8 Å². The van der Waals surface area contributed by atoms with Gasteiger partial charge in [0.15, 0.2) is 0 Å². The highest BCUT2D eigenvalue weighted by molar-refractivity contribution is 7.92.